The van der Waals surface area contributed by atoms with E-state index < -0.39 is 0 Å². The zero-order valence-corrected chi connectivity index (χ0v) is 10.6. The minimum Gasteiger partial charge on any atom is -0.325 e. The first-order valence-corrected chi connectivity index (χ1v) is 6.58. The van der Waals surface area contributed by atoms with Crippen LogP contribution >= 0.6 is 0 Å². The highest BCUT2D eigenvalue weighted by atomic mass is 15.4. The smallest absolute Gasteiger partial charge is 0.100 e. The van der Waals surface area contributed by atoms with Crippen molar-refractivity contribution in [2.24, 2.45) is 5.73 Å². The van der Waals surface area contributed by atoms with E-state index in [-0.39, 0.29) is 0 Å². The lowest BCUT2D eigenvalue weighted by Crippen LogP contribution is -2.07. The summed E-state index contributed by atoms with van der Waals surface area (Å²) in [5.74, 6) is 0.600. The van der Waals surface area contributed by atoms with Crippen molar-refractivity contribution >= 4 is 0 Å². The molecule has 0 bridgehead atoms. The van der Waals surface area contributed by atoms with Crippen molar-refractivity contribution in [3.05, 3.63) is 41.2 Å². The molecule has 1 aliphatic rings. The van der Waals surface area contributed by atoms with Crippen molar-refractivity contribution in [2.45, 2.75) is 38.6 Å². The summed E-state index contributed by atoms with van der Waals surface area (Å²) in [5, 5.41) is 8.55. The molecule has 1 aliphatic carbocycles. The third-order valence-corrected chi connectivity index (χ3v) is 3.54. The van der Waals surface area contributed by atoms with Crippen molar-refractivity contribution in [3.8, 4) is 5.69 Å². The van der Waals surface area contributed by atoms with Gasteiger partial charge in [0.1, 0.15) is 5.69 Å². The molecular formula is C14H18N4. The van der Waals surface area contributed by atoms with E-state index in [0.29, 0.717) is 12.5 Å². The third-order valence-electron chi connectivity index (χ3n) is 3.54. The van der Waals surface area contributed by atoms with Crippen LogP contribution in [0.1, 0.15) is 42.6 Å². The summed E-state index contributed by atoms with van der Waals surface area (Å²) in [6.07, 6.45) is 3.46. The average Bonchev–Trinajstić information content (AvgIpc) is 3.17. The Bertz CT molecular complexity index is 555. The van der Waals surface area contributed by atoms with Crippen LogP contribution in [0.25, 0.3) is 5.69 Å². The second kappa shape index (κ2) is 4.53. The Morgan fingerprint density at radius 2 is 2.11 bits per heavy atom. The lowest BCUT2D eigenvalue weighted by atomic mass is 10.1. The van der Waals surface area contributed by atoms with E-state index in [1.165, 1.54) is 24.1 Å². The quantitative estimate of drug-likeness (QED) is 0.894. The Hall–Kier alpha value is -1.68. The Labute approximate surface area is 107 Å². The Morgan fingerprint density at radius 3 is 2.78 bits per heavy atom. The highest BCUT2D eigenvalue weighted by molar-refractivity contribution is 5.43. The zero-order valence-electron chi connectivity index (χ0n) is 10.6. The Balaban J connectivity index is 2.13. The van der Waals surface area contributed by atoms with E-state index in [1.54, 1.807) is 0 Å². The summed E-state index contributed by atoms with van der Waals surface area (Å²) < 4.78 is 2.00. The van der Waals surface area contributed by atoms with Gasteiger partial charge in [-0.2, -0.15) is 0 Å². The number of benzene rings is 1. The number of rotatable bonds is 4. The van der Waals surface area contributed by atoms with Crippen molar-refractivity contribution in [3.63, 3.8) is 0 Å². The van der Waals surface area contributed by atoms with Gasteiger partial charge in [-0.25, -0.2) is 4.68 Å². The van der Waals surface area contributed by atoms with Gasteiger partial charge >= 0.3 is 0 Å². The SMILES string of the molecule is CCc1ccccc1-n1nnc(CN)c1C1CC1. The fourth-order valence-corrected chi connectivity index (χ4v) is 2.43. The van der Waals surface area contributed by atoms with Crippen molar-refractivity contribution in [1.29, 1.82) is 0 Å². The molecule has 18 heavy (non-hydrogen) atoms. The van der Waals surface area contributed by atoms with Crippen molar-refractivity contribution < 1.29 is 0 Å². The molecule has 0 atom stereocenters. The number of nitrogens with zero attached hydrogens (tertiary/aromatic N) is 3. The molecule has 4 heteroatoms. The molecule has 0 saturated heterocycles. The Kier molecular flexibility index (Phi) is 2.88. The molecule has 94 valence electrons. The van der Waals surface area contributed by atoms with Crippen LogP contribution in [0.4, 0.5) is 0 Å². The fourth-order valence-electron chi connectivity index (χ4n) is 2.43. The van der Waals surface area contributed by atoms with Crippen LogP contribution < -0.4 is 5.73 Å². The van der Waals surface area contributed by atoms with E-state index in [1.807, 2.05) is 4.68 Å². The number of para-hydroxylation sites is 1. The summed E-state index contributed by atoms with van der Waals surface area (Å²) in [6.45, 7) is 2.64. The second-order valence-electron chi connectivity index (χ2n) is 4.79. The first-order chi connectivity index (χ1) is 8.85. The van der Waals surface area contributed by atoms with E-state index in [0.717, 1.165) is 17.8 Å². The number of hydrogen-bond acceptors (Lipinski definition) is 3. The molecule has 3 rings (SSSR count). The fraction of sp³-hybridized carbons (Fsp3) is 0.429. The van der Waals surface area contributed by atoms with Gasteiger partial charge in [-0.15, -0.1) is 5.10 Å². The van der Waals surface area contributed by atoms with Crippen LogP contribution in [0.5, 0.6) is 0 Å². The molecule has 0 unspecified atom stereocenters. The van der Waals surface area contributed by atoms with Crippen LogP contribution in [0.2, 0.25) is 0 Å². The van der Waals surface area contributed by atoms with Gasteiger partial charge in [0.2, 0.25) is 0 Å². The topological polar surface area (TPSA) is 56.7 Å². The van der Waals surface area contributed by atoms with Crippen LogP contribution in [-0.4, -0.2) is 15.0 Å². The van der Waals surface area contributed by atoms with Gasteiger partial charge in [-0.1, -0.05) is 30.3 Å². The van der Waals surface area contributed by atoms with Gasteiger partial charge in [0, 0.05) is 12.5 Å². The van der Waals surface area contributed by atoms with Crippen molar-refractivity contribution in [1.82, 2.24) is 15.0 Å². The maximum absolute atomic E-state index is 5.76. The van der Waals surface area contributed by atoms with E-state index in [2.05, 4.69) is 41.5 Å². The zero-order chi connectivity index (χ0) is 12.5. The van der Waals surface area contributed by atoms with Crippen LogP contribution in [0.3, 0.4) is 0 Å². The van der Waals surface area contributed by atoms with E-state index in [9.17, 15) is 0 Å². The molecule has 0 radical (unpaired) electrons. The van der Waals surface area contributed by atoms with Crippen molar-refractivity contribution in [2.75, 3.05) is 0 Å². The summed E-state index contributed by atoms with van der Waals surface area (Å²) in [7, 11) is 0. The van der Waals surface area contributed by atoms with E-state index in [4.69, 9.17) is 5.73 Å². The lowest BCUT2D eigenvalue weighted by Gasteiger charge is -2.10. The van der Waals surface area contributed by atoms with E-state index >= 15 is 0 Å². The third kappa shape index (κ3) is 1.82. The second-order valence-corrected chi connectivity index (χ2v) is 4.79. The predicted octanol–water partition coefficient (Wildman–Crippen LogP) is 2.17. The number of aromatic nitrogens is 3. The minimum atomic E-state index is 0.472. The summed E-state index contributed by atoms with van der Waals surface area (Å²) >= 11 is 0. The van der Waals surface area contributed by atoms with Gasteiger partial charge in [-0.3, -0.25) is 0 Å². The van der Waals surface area contributed by atoms with Gasteiger partial charge in [0.15, 0.2) is 0 Å². The summed E-state index contributed by atoms with van der Waals surface area (Å²) in [6, 6.07) is 8.38. The lowest BCUT2D eigenvalue weighted by molar-refractivity contribution is 0.755. The van der Waals surface area contributed by atoms with Gasteiger partial charge in [0.25, 0.3) is 0 Å². The molecule has 4 nitrogen and oxygen atoms in total. The maximum atomic E-state index is 5.76. The van der Waals surface area contributed by atoms with Crippen LogP contribution in [0.15, 0.2) is 24.3 Å². The monoisotopic (exact) mass is 242 g/mol. The highest BCUT2D eigenvalue weighted by Crippen LogP contribution is 2.42. The molecule has 0 aliphatic heterocycles. The molecule has 1 fully saturated rings. The molecule has 1 aromatic carbocycles. The number of aryl methyl sites for hydroxylation is 1. The van der Waals surface area contributed by atoms with Gasteiger partial charge in [0.05, 0.1) is 11.4 Å². The molecule has 0 spiro atoms. The molecule has 1 saturated carbocycles. The molecule has 2 N–H and O–H groups in total. The van der Waals surface area contributed by atoms with Crippen LogP contribution in [0, 0.1) is 0 Å². The first-order valence-electron chi connectivity index (χ1n) is 6.58. The summed E-state index contributed by atoms with van der Waals surface area (Å²) in [4.78, 5) is 0. The predicted molar refractivity (Wildman–Crippen MR) is 70.6 cm³/mol. The average molecular weight is 242 g/mol. The van der Waals surface area contributed by atoms with Crippen LogP contribution in [-0.2, 0) is 13.0 Å². The normalized spacial score (nSPS) is 15.0. The summed E-state index contributed by atoms with van der Waals surface area (Å²) in [5.41, 5.74) is 10.4. The Morgan fingerprint density at radius 1 is 1.33 bits per heavy atom. The number of nitrogens with two attached hydrogens (primary N) is 1. The maximum Gasteiger partial charge on any atom is 0.100 e. The minimum absolute atomic E-state index is 0.472. The largest absolute Gasteiger partial charge is 0.325 e. The van der Waals surface area contributed by atoms with Gasteiger partial charge < -0.3 is 5.73 Å². The molecule has 1 aromatic heterocycles. The number of hydrogen-bond donors (Lipinski definition) is 1. The molecule has 0 amide bonds. The molecule has 2 aromatic rings. The highest BCUT2D eigenvalue weighted by Gasteiger charge is 2.31. The standard InChI is InChI=1S/C14H18N4/c1-2-10-5-3-4-6-13(10)18-14(11-7-8-11)12(9-15)16-17-18/h3-6,11H,2,7-9,15H2,1H3. The first kappa shape index (κ1) is 11.4. The molecular weight excluding hydrogens is 224 g/mol. The van der Waals surface area contributed by atoms with Gasteiger partial charge in [-0.05, 0) is 30.9 Å². The molecule has 1 heterocycles.